The molecule has 2 unspecified atom stereocenters. The van der Waals surface area contributed by atoms with Crippen LogP contribution in [0.5, 0.6) is 0 Å². The molecular formula is C25H25N3S. The van der Waals surface area contributed by atoms with Gasteiger partial charge in [0.25, 0.3) is 0 Å². The largest absolute Gasteiger partial charge is 0.366 e. The Labute approximate surface area is 175 Å². The minimum Gasteiger partial charge on any atom is -0.366 e. The Morgan fingerprint density at radius 3 is 2.38 bits per heavy atom. The predicted octanol–water partition coefficient (Wildman–Crippen LogP) is 7.02. The number of anilines is 1. The summed E-state index contributed by atoms with van der Waals surface area (Å²) in [6.07, 6.45) is 6.85. The van der Waals surface area contributed by atoms with Crippen molar-refractivity contribution in [2.75, 3.05) is 5.32 Å². The van der Waals surface area contributed by atoms with E-state index in [9.17, 15) is 0 Å². The molecule has 0 radical (unpaired) electrons. The fourth-order valence-electron chi connectivity index (χ4n) is 4.38. The van der Waals surface area contributed by atoms with Crippen molar-refractivity contribution in [3.8, 4) is 22.3 Å². The molecule has 0 saturated heterocycles. The maximum absolute atomic E-state index is 4.64. The minimum atomic E-state index is 0.495. The van der Waals surface area contributed by atoms with Crippen LogP contribution in [-0.4, -0.2) is 16.0 Å². The average Bonchev–Trinajstić information content (AvgIpc) is 3.21. The molecule has 146 valence electrons. The van der Waals surface area contributed by atoms with Crippen LogP contribution >= 0.6 is 11.3 Å². The summed E-state index contributed by atoms with van der Waals surface area (Å²) in [6, 6.07) is 19.8. The number of fused-ring (bicyclic) bond motifs is 1. The van der Waals surface area contributed by atoms with Crippen LogP contribution in [0.25, 0.3) is 32.5 Å². The Balaban J connectivity index is 1.50. The number of nitrogens with one attached hydrogen (secondary N) is 1. The second-order valence-electron chi connectivity index (χ2n) is 8.01. The Morgan fingerprint density at radius 1 is 0.862 bits per heavy atom. The fourth-order valence-corrected chi connectivity index (χ4v) is 5.29. The molecule has 2 aromatic carbocycles. The highest BCUT2D eigenvalue weighted by Gasteiger charge is 2.23. The standard InChI is InChI=1S/C25H25N3S/c1-17-7-5-6-10-22(17)28-24-23-21(15-29-25(23)27-16-26-24)20-13-11-19(12-14-20)18-8-3-2-4-9-18/h2-4,8-9,11-17,22H,5-7,10H2,1H3,(H,26,27,28). The third-order valence-corrected chi connectivity index (χ3v) is 6.99. The summed E-state index contributed by atoms with van der Waals surface area (Å²) >= 11 is 1.70. The maximum atomic E-state index is 4.64. The number of nitrogens with zero attached hydrogens (tertiary/aromatic N) is 2. The molecule has 1 saturated carbocycles. The van der Waals surface area contributed by atoms with Crippen molar-refractivity contribution in [3.63, 3.8) is 0 Å². The second-order valence-corrected chi connectivity index (χ2v) is 8.87. The van der Waals surface area contributed by atoms with Crippen LogP contribution in [0.4, 0.5) is 5.82 Å². The van der Waals surface area contributed by atoms with E-state index in [0.717, 1.165) is 16.0 Å². The molecule has 1 aliphatic rings. The first-order valence-corrected chi connectivity index (χ1v) is 11.3. The summed E-state index contributed by atoms with van der Waals surface area (Å²) in [4.78, 5) is 10.2. The first kappa shape index (κ1) is 18.3. The second kappa shape index (κ2) is 7.96. The van der Waals surface area contributed by atoms with E-state index in [1.165, 1.54) is 47.9 Å². The van der Waals surface area contributed by atoms with Gasteiger partial charge in [-0.25, -0.2) is 9.97 Å². The summed E-state index contributed by atoms with van der Waals surface area (Å²) in [6.45, 7) is 2.35. The van der Waals surface area contributed by atoms with Crippen molar-refractivity contribution in [1.82, 2.24) is 9.97 Å². The van der Waals surface area contributed by atoms with Crippen LogP contribution in [0.3, 0.4) is 0 Å². The zero-order valence-electron chi connectivity index (χ0n) is 16.6. The van der Waals surface area contributed by atoms with E-state index < -0.39 is 0 Å². The van der Waals surface area contributed by atoms with Gasteiger partial charge in [0.2, 0.25) is 0 Å². The van der Waals surface area contributed by atoms with Gasteiger partial charge < -0.3 is 5.32 Å². The monoisotopic (exact) mass is 399 g/mol. The van der Waals surface area contributed by atoms with Crippen molar-refractivity contribution in [2.24, 2.45) is 5.92 Å². The summed E-state index contributed by atoms with van der Waals surface area (Å²) in [5, 5.41) is 7.13. The molecule has 2 atom stereocenters. The van der Waals surface area contributed by atoms with Gasteiger partial charge >= 0.3 is 0 Å². The molecule has 0 aliphatic heterocycles. The molecule has 4 aromatic rings. The van der Waals surface area contributed by atoms with E-state index in [1.807, 2.05) is 0 Å². The Bertz CT molecular complexity index is 1100. The minimum absolute atomic E-state index is 0.495. The number of thiophene rings is 1. The number of benzene rings is 2. The van der Waals surface area contributed by atoms with E-state index in [-0.39, 0.29) is 0 Å². The van der Waals surface area contributed by atoms with Crippen molar-refractivity contribution in [1.29, 1.82) is 0 Å². The molecule has 0 spiro atoms. The Morgan fingerprint density at radius 2 is 1.59 bits per heavy atom. The summed E-state index contributed by atoms with van der Waals surface area (Å²) in [5.74, 6) is 1.66. The Kier molecular flexibility index (Phi) is 5.03. The molecule has 29 heavy (non-hydrogen) atoms. The van der Waals surface area contributed by atoms with Crippen LogP contribution in [0.2, 0.25) is 0 Å². The van der Waals surface area contributed by atoms with Gasteiger partial charge in [-0.2, -0.15) is 0 Å². The average molecular weight is 400 g/mol. The van der Waals surface area contributed by atoms with Crippen LogP contribution in [0, 0.1) is 5.92 Å². The number of aromatic nitrogens is 2. The smallest absolute Gasteiger partial charge is 0.139 e. The molecule has 1 N–H and O–H groups in total. The highest BCUT2D eigenvalue weighted by atomic mass is 32.1. The highest BCUT2D eigenvalue weighted by molar-refractivity contribution is 7.17. The molecule has 4 heteroatoms. The molecular weight excluding hydrogens is 374 g/mol. The van der Waals surface area contributed by atoms with E-state index in [4.69, 9.17) is 0 Å². The summed E-state index contributed by atoms with van der Waals surface area (Å²) < 4.78 is 0. The van der Waals surface area contributed by atoms with Crippen molar-refractivity contribution >= 4 is 27.4 Å². The Hall–Kier alpha value is -2.72. The highest BCUT2D eigenvalue weighted by Crippen LogP contribution is 2.38. The first-order valence-electron chi connectivity index (χ1n) is 10.4. The van der Waals surface area contributed by atoms with Crippen molar-refractivity contribution < 1.29 is 0 Å². The number of hydrogen-bond donors (Lipinski definition) is 1. The van der Waals surface area contributed by atoms with Crippen molar-refractivity contribution in [3.05, 3.63) is 66.3 Å². The van der Waals surface area contributed by atoms with Crippen LogP contribution in [-0.2, 0) is 0 Å². The SMILES string of the molecule is CC1CCCCC1Nc1ncnc2scc(-c3ccc(-c4ccccc4)cc3)c12. The molecule has 1 aliphatic carbocycles. The van der Waals surface area contributed by atoms with Gasteiger partial charge in [0, 0.05) is 17.0 Å². The molecule has 2 heterocycles. The number of rotatable bonds is 4. The molecule has 0 bridgehead atoms. The lowest BCUT2D eigenvalue weighted by Gasteiger charge is -2.30. The first-order chi connectivity index (χ1) is 14.3. The molecule has 3 nitrogen and oxygen atoms in total. The quantitative estimate of drug-likeness (QED) is 0.401. The summed E-state index contributed by atoms with van der Waals surface area (Å²) in [7, 11) is 0. The summed E-state index contributed by atoms with van der Waals surface area (Å²) in [5.41, 5.74) is 4.91. The van der Waals surface area contributed by atoms with Gasteiger partial charge in [0.1, 0.15) is 17.0 Å². The van der Waals surface area contributed by atoms with Crippen LogP contribution in [0.15, 0.2) is 66.3 Å². The van der Waals surface area contributed by atoms with E-state index >= 15 is 0 Å². The van der Waals surface area contributed by atoms with Gasteiger partial charge in [-0.1, -0.05) is 74.4 Å². The lowest BCUT2D eigenvalue weighted by atomic mass is 9.86. The third kappa shape index (κ3) is 3.65. The molecule has 2 aromatic heterocycles. The zero-order valence-corrected chi connectivity index (χ0v) is 17.5. The normalized spacial score (nSPS) is 19.3. The maximum Gasteiger partial charge on any atom is 0.139 e. The fraction of sp³-hybridized carbons (Fsp3) is 0.280. The van der Waals surface area contributed by atoms with Gasteiger partial charge in [-0.05, 0) is 35.4 Å². The third-order valence-electron chi connectivity index (χ3n) is 6.11. The lowest BCUT2D eigenvalue weighted by Crippen LogP contribution is -2.30. The van der Waals surface area contributed by atoms with Gasteiger partial charge in [-0.15, -0.1) is 11.3 Å². The predicted molar refractivity (Wildman–Crippen MR) is 123 cm³/mol. The van der Waals surface area contributed by atoms with Crippen LogP contribution < -0.4 is 5.32 Å². The van der Waals surface area contributed by atoms with Crippen molar-refractivity contribution in [2.45, 2.75) is 38.6 Å². The van der Waals surface area contributed by atoms with Gasteiger partial charge in [-0.3, -0.25) is 0 Å². The van der Waals surface area contributed by atoms with E-state index in [0.29, 0.717) is 12.0 Å². The molecule has 5 rings (SSSR count). The lowest BCUT2D eigenvalue weighted by molar-refractivity contribution is 0.349. The molecule has 1 fully saturated rings. The van der Waals surface area contributed by atoms with E-state index in [1.54, 1.807) is 17.7 Å². The zero-order chi connectivity index (χ0) is 19.6. The number of hydrogen-bond acceptors (Lipinski definition) is 4. The van der Waals surface area contributed by atoms with Gasteiger partial charge in [0.15, 0.2) is 0 Å². The van der Waals surface area contributed by atoms with Crippen LogP contribution in [0.1, 0.15) is 32.6 Å². The molecule has 0 amide bonds. The van der Waals surface area contributed by atoms with E-state index in [2.05, 4.69) is 82.2 Å². The van der Waals surface area contributed by atoms with Gasteiger partial charge in [0.05, 0.1) is 5.39 Å². The topological polar surface area (TPSA) is 37.8 Å².